The van der Waals surface area contributed by atoms with Crippen molar-refractivity contribution >= 4 is 17.9 Å². The number of halogens is 1. The average Bonchev–Trinajstić information content (AvgIpc) is 2.67. The number of nitrogens with one attached hydrogen (secondary N) is 1. The number of hydrogen-bond donors (Lipinski definition) is 1. The van der Waals surface area contributed by atoms with Crippen LogP contribution in [0.25, 0.3) is 11.4 Å². The van der Waals surface area contributed by atoms with Crippen LogP contribution in [0.2, 0.25) is 5.02 Å². The van der Waals surface area contributed by atoms with Gasteiger partial charge in [-0.3, -0.25) is 4.79 Å². The largest absolute Gasteiger partial charge is 0.336 e. The first-order valence-corrected chi connectivity index (χ1v) is 4.44. The Balaban J connectivity index is 2.49. The van der Waals surface area contributed by atoms with Gasteiger partial charge in [0.2, 0.25) is 0 Å². The van der Waals surface area contributed by atoms with Crippen molar-refractivity contribution < 1.29 is 4.79 Å². The number of H-pyrrole nitrogens is 1. The van der Waals surface area contributed by atoms with E-state index in [0.29, 0.717) is 22.8 Å². The van der Waals surface area contributed by atoms with Crippen LogP contribution in [0.3, 0.4) is 0 Å². The molecule has 0 spiro atoms. The molecule has 4 heteroatoms. The number of carbonyl (C=O) groups is 1. The van der Waals surface area contributed by atoms with E-state index in [1.807, 2.05) is 18.2 Å². The summed E-state index contributed by atoms with van der Waals surface area (Å²) in [5.41, 5.74) is 1.24. The van der Waals surface area contributed by atoms with Gasteiger partial charge >= 0.3 is 0 Å². The van der Waals surface area contributed by atoms with Crippen LogP contribution in [0, 0.1) is 0 Å². The molecule has 0 unspecified atom stereocenters. The minimum absolute atomic E-state index is 0.444. The van der Waals surface area contributed by atoms with Gasteiger partial charge in [-0.2, -0.15) is 0 Å². The second kappa shape index (κ2) is 3.64. The maximum atomic E-state index is 10.4. The molecule has 0 saturated carbocycles. The second-order valence-electron chi connectivity index (χ2n) is 2.78. The highest BCUT2D eigenvalue weighted by molar-refractivity contribution is 6.33. The summed E-state index contributed by atoms with van der Waals surface area (Å²) >= 11 is 5.96. The Labute approximate surface area is 85.7 Å². The Bertz CT molecular complexity index is 465. The molecule has 1 aromatic heterocycles. The van der Waals surface area contributed by atoms with Crippen LogP contribution in [-0.2, 0) is 0 Å². The Morgan fingerprint density at radius 1 is 1.36 bits per heavy atom. The summed E-state index contributed by atoms with van der Waals surface area (Å²) in [5, 5.41) is 0.610. The van der Waals surface area contributed by atoms with E-state index in [-0.39, 0.29) is 0 Å². The summed E-state index contributed by atoms with van der Waals surface area (Å²) in [7, 11) is 0. The zero-order chi connectivity index (χ0) is 9.97. The lowest BCUT2D eigenvalue weighted by atomic mass is 10.2. The van der Waals surface area contributed by atoms with E-state index in [1.165, 1.54) is 6.20 Å². The highest BCUT2D eigenvalue weighted by atomic mass is 35.5. The predicted molar refractivity (Wildman–Crippen MR) is 54.4 cm³/mol. The summed E-state index contributed by atoms with van der Waals surface area (Å²) in [6, 6.07) is 7.33. The van der Waals surface area contributed by atoms with E-state index < -0.39 is 0 Å². The van der Waals surface area contributed by atoms with Gasteiger partial charge in [-0.25, -0.2) is 4.98 Å². The van der Waals surface area contributed by atoms with Gasteiger partial charge in [0.1, 0.15) is 5.82 Å². The lowest BCUT2D eigenvalue weighted by molar-refractivity contribution is 0.111. The van der Waals surface area contributed by atoms with Gasteiger partial charge in [0, 0.05) is 5.56 Å². The minimum Gasteiger partial charge on any atom is -0.336 e. The topological polar surface area (TPSA) is 45.8 Å². The molecule has 0 aliphatic heterocycles. The number of aldehydes is 1. The fourth-order valence-corrected chi connectivity index (χ4v) is 1.41. The van der Waals surface area contributed by atoms with Crippen LogP contribution in [-0.4, -0.2) is 16.3 Å². The van der Waals surface area contributed by atoms with E-state index in [9.17, 15) is 4.79 Å². The van der Waals surface area contributed by atoms with Crippen LogP contribution in [0.5, 0.6) is 0 Å². The maximum Gasteiger partial charge on any atom is 0.167 e. The number of aromatic amines is 1. The van der Waals surface area contributed by atoms with Gasteiger partial charge in [0.05, 0.1) is 16.9 Å². The second-order valence-corrected chi connectivity index (χ2v) is 3.19. The van der Waals surface area contributed by atoms with E-state index in [2.05, 4.69) is 9.97 Å². The van der Waals surface area contributed by atoms with Crippen LogP contribution in [0.15, 0.2) is 30.5 Å². The van der Waals surface area contributed by atoms with Crippen LogP contribution < -0.4 is 0 Å². The molecule has 1 heterocycles. The Morgan fingerprint density at radius 2 is 2.14 bits per heavy atom. The lowest BCUT2D eigenvalue weighted by Crippen LogP contribution is -1.82. The molecule has 0 aliphatic rings. The normalized spacial score (nSPS) is 10.1. The molecule has 14 heavy (non-hydrogen) atoms. The number of hydrogen-bond acceptors (Lipinski definition) is 2. The quantitative estimate of drug-likeness (QED) is 0.768. The Morgan fingerprint density at radius 3 is 2.79 bits per heavy atom. The Kier molecular flexibility index (Phi) is 2.33. The Hall–Kier alpha value is -1.61. The van der Waals surface area contributed by atoms with Crippen molar-refractivity contribution in [1.82, 2.24) is 9.97 Å². The first-order valence-electron chi connectivity index (χ1n) is 4.06. The number of carbonyl (C=O) groups excluding carboxylic acids is 1. The smallest absolute Gasteiger partial charge is 0.167 e. The maximum absolute atomic E-state index is 10.4. The van der Waals surface area contributed by atoms with Crippen LogP contribution in [0.1, 0.15) is 10.5 Å². The van der Waals surface area contributed by atoms with Gasteiger partial charge in [-0.1, -0.05) is 23.7 Å². The molecule has 0 aliphatic carbocycles. The number of nitrogens with zero attached hydrogens (tertiary/aromatic N) is 1. The fourth-order valence-electron chi connectivity index (χ4n) is 1.19. The van der Waals surface area contributed by atoms with Crippen LogP contribution in [0.4, 0.5) is 0 Å². The molecule has 1 aromatic carbocycles. The van der Waals surface area contributed by atoms with Crippen molar-refractivity contribution in [2.45, 2.75) is 0 Å². The molecular weight excluding hydrogens is 200 g/mol. The van der Waals surface area contributed by atoms with Gasteiger partial charge < -0.3 is 4.98 Å². The third-order valence-corrected chi connectivity index (χ3v) is 2.18. The molecule has 0 fully saturated rings. The number of imidazole rings is 1. The van der Waals surface area contributed by atoms with Crippen molar-refractivity contribution in [2.75, 3.05) is 0 Å². The molecular formula is C10H7ClN2O. The fraction of sp³-hybridized carbons (Fsp3) is 0. The summed E-state index contributed by atoms with van der Waals surface area (Å²) in [6.45, 7) is 0. The van der Waals surface area contributed by atoms with Gasteiger partial charge in [0.15, 0.2) is 6.29 Å². The number of rotatable bonds is 2. The summed E-state index contributed by atoms with van der Waals surface area (Å²) in [5.74, 6) is 0.609. The van der Waals surface area contributed by atoms with E-state index >= 15 is 0 Å². The first-order chi connectivity index (χ1) is 6.81. The lowest BCUT2D eigenvalue weighted by Gasteiger charge is -1.98. The predicted octanol–water partition coefficient (Wildman–Crippen LogP) is 2.54. The van der Waals surface area contributed by atoms with Crippen molar-refractivity contribution in [1.29, 1.82) is 0 Å². The molecule has 0 amide bonds. The van der Waals surface area contributed by atoms with Gasteiger partial charge in [-0.05, 0) is 12.1 Å². The summed E-state index contributed by atoms with van der Waals surface area (Å²) in [4.78, 5) is 17.3. The standard InChI is InChI=1S/C10H7ClN2O/c11-9-4-2-1-3-8(9)10-12-5-7(6-14)13-10/h1-6H,(H,12,13). The molecule has 70 valence electrons. The summed E-state index contributed by atoms with van der Waals surface area (Å²) in [6.07, 6.45) is 2.19. The zero-order valence-corrected chi connectivity index (χ0v) is 7.95. The summed E-state index contributed by atoms with van der Waals surface area (Å²) < 4.78 is 0. The van der Waals surface area contributed by atoms with Gasteiger partial charge in [0.25, 0.3) is 0 Å². The molecule has 3 nitrogen and oxygen atoms in total. The molecule has 1 N–H and O–H groups in total. The molecule has 0 atom stereocenters. The third-order valence-electron chi connectivity index (χ3n) is 1.85. The molecule has 0 bridgehead atoms. The van der Waals surface area contributed by atoms with E-state index in [4.69, 9.17) is 11.6 Å². The van der Waals surface area contributed by atoms with E-state index in [1.54, 1.807) is 6.07 Å². The minimum atomic E-state index is 0.444. The highest BCUT2D eigenvalue weighted by Gasteiger charge is 2.05. The average molecular weight is 207 g/mol. The monoisotopic (exact) mass is 206 g/mol. The molecule has 0 radical (unpaired) electrons. The van der Waals surface area contributed by atoms with Crippen LogP contribution >= 0.6 is 11.6 Å². The van der Waals surface area contributed by atoms with Crippen molar-refractivity contribution in [3.63, 3.8) is 0 Å². The number of aromatic nitrogens is 2. The third kappa shape index (κ3) is 1.54. The SMILES string of the molecule is O=Cc1cnc(-c2ccccc2Cl)[nH]1. The van der Waals surface area contributed by atoms with Crippen molar-refractivity contribution in [2.24, 2.45) is 0 Å². The molecule has 2 rings (SSSR count). The van der Waals surface area contributed by atoms with Crippen molar-refractivity contribution in [3.8, 4) is 11.4 Å². The molecule has 2 aromatic rings. The van der Waals surface area contributed by atoms with Crippen molar-refractivity contribution in [3.05, 3.63) is 41.2 Å². The van der Waals surface area contributed by atoms with E-state index in [0.717, 1.165) is 5.56 Å². The molecule has 0 saturated heterocycles. The highest BCUT2D eigenvalue weighted by Crippen LogP contribution is 2.24. The zero-order valence-electron chi connectivity index (χ0n) is 7.20. The first kappa shape index (κ1) is 8.97. The van der Waals surface area contributed by atoms with Gasteiger partial charge in [-0.15, -0.1) is 0 Å². The number of benzene rings is 1.